The summed E-state index contributed by atoms with van der Waals surface area (Å²) in [5, 5.41) is 8.73. The van der Waals surface area contributed by atoms with Gasteiger partial charge in [0, 0.05) is 0 Å². The fraction of sp³-hybridized carbons (Fsp3) is 0.364. The van der Waals surface area contributed by atoms with Gasteiger partial charge in [-0.25, -0.2) is 0 Å². The van der Waals surface area contributed by atoms with Crippen LogP contribution < -0.4 is 4.74 Å². The van der Waals surface area contributed by atoms with Gasteiger partial charge in [-0.05, 0) is 31.0 Å². The lowest BCUT2D eigenvalue weighted by molar-refractivity contribution is -0.137. The Labute approximate surface area is 90.3 Å². The van der Waals surface area contributed by atoms with Gasteiger partial charge < -0.3 is 4.74 Å². The van der Waals surface area contributed by atoms with E-state index in [0.717, 1.165) is 31.0 Å². The third kappa shape index (κ3) is 2.27. The fourth-order valence-electron chi connectivity index (χ4n) is 1.25. The van der Waals surface area contributed by atoms with Crippen molar-refractivity contribution < 1.29 is 17.9 Å². The first kappa shape index (κ1) is 10.8. The Morgan fingerprint density at radius 2 is 2.00 bits per heavy atom. The molecule has 0 amide bonds. The molecule has 0 heterocycles. The minimum absolute atomic E-state index is 0.0276. The lowest BCUT2D eigenvalue weighted by atomic mass is 10.1. The van der Waals surface area contributed by atoms with Crippen LogP contribution >= 0.6 is 0 Å². The second-order valence-corrected chi connectivity index (χ2v) is 3.64. The van der Waals surface area contributed by atoms with E-state index in [-0.39, 0.29) is 17.4 Å². The number of ether oxygens (including phenoxy) is 1. The van der Waals surface area contributed by atoms with Gasteiger partial charge in [-0.1, -0.05) is 0 Å². The van der Waals surface area contributed by atoms with Crippen molar-refractivity contribution in [1.29, 1.82) is 5.26 Å². The molecule has 1 saturated carbocycles. The van der Waals surface area contributed by atoms with Crippen molar-refractivity contribution in [2.24, 2.45) is 0 Å². The summed E-state index contributed by atoms with van der Waals surface area (Å²) < 4.78 is 42.5. The maximum Gasteiger partial charge on any atom is 0.416 e. The summed E-state index contributed by atoms with van der Waals surface area (Å²) in [7, 11) is 0. The maximum atomic E-state index is 12.4. The molecule has 0 unspecified atom stereocenters. The van der Waals surface area contributed by atoms with Gasteiger partial charge in [-0.3, -0.25) is 0 Å². The largest absolute Gasteiger partial charge is 0.489 e. The number of benzene rings is 1. The highest BCUT2D eigenvalue weighted by Gasteiger charge is 2.32. The lowest BCUT2D eigenvalue weighted by Crippen LogP contribution is -2.06. The predicted octanol–water partition coefficient (Wildman–Crippen LogP) is 3.12. The molecule has 84 valence electrons. The molecule has 2 nitrogen and oxygen atoms in total. The number of halogens is 3. The first-order chi connectivity index (χ1) is 7.50. The molecule has 0 atom stereocenters. The van der Waals surface area contributed by atoms with Crippen LogP contribution in [0.2, 0.25) is 0 Å². The second-order valence-electron chi connectivity index (χ2n) is 3.64. The van der Waals surface area contributed by atoms with E-state index in [9.17, 15) is 13.2 Å². The van der Waals surface area contributed by atoms with Crippen molar-refractivity contribution >= 4 is 0 Å². The highest BCUT2D eigenvalue weighted by Crippen LogP contribution is 2.35. The molecule has 0 N–H and O–H groups in total. The summed E-state index contributed by atoms with van der Waals surface area (Å²) in [5.41, 5.74) is -0.651. The molecule has 1 aliphatic carbocycles. The molecular formula is C11H8F3NO. The predicted molar refractivity (Wildman–Crippen MR) is 49.8 cm³/mol. The summed E-state index contributed by atoms with van der Waals surface area (Å²) in [4.78, 5) is 0. The van der Waals surface area contributed by atoms with Gasteiger partial charge in [0.2, 0.25) is 0 Å². The first-order valence-corrected chi connectivity index (χ1v) is 4.78. The minimum Gasteiger partial charge on any atom is -0.489 e. The Hall–Kier alpha value is -1.70. The zero-order valence-electron chi connectivity index (χ0n) is 8.21. The maximum absolute atomic E-state index is 12.4. The molecule has 0 bridgehead atoms. The second kappa shape index (κ2) is 3.71. The monoisotopic (exact) mass is 227 g/mol. The summed E-state index contributed by atoms with van der Waals surface area (Å²) in [6, 6.07) is 4.73. The quantitative estimate of drug-likeness (QED) is 0.777. The van der Waals surface area contributed by atoms with Gasteiger partial charge in [-0.15, -0.1) is 0 Å². The van der Waals surface area contributed by atoms with Crippen molar-refractivity contribution in [2.45, 2.75) is 25.1 Å². The zero-order chi connectivity index (χ0) is 11.8. The molecule has 1 aliphatic rings. The lowest BCUT2D eigenvalue weighted by Gasteiger charge is -2.11. The number of hydrogen-bond acceptors (Lipinski definition) is 2. The van der Waals surface area contributed by atoms with Crippen molar-refractivity contribution in [2.75, 3.05) is 0 Å². The minimum atomic E-state index is -4.41. The molecule has 0 aromatic heterocycles. The van der Waals surface area contributed by atoms with Crippen LogP contribution in [-0.4, -0.2) is 6.10 Å². The van der Waals surface area contributed by atoms with Crippen LogP contribution in [0.4, 0.5) is 13.2 Å². The molecule has 16 heavy (non-hydrogen) atoms. The molecule has 1 aromatic rings. The van der Waals surface area contributed by atoms with Crippen molar-refractivity contribution in [3.63, 3.8) is 0 Å². The number of nitrogens with zero attached hydrogens (tertiary/aromatic N) is 1. The Bertz CT molecular complexity index is 444. The molecule has 0 aliphatic heterocycles. The summed E-state index contributed by atoms with van der Waals surface area (Å²) >= 11 is 0. The topological polar surface area (TPSA) is 33.0 Å². The van der Waals surface area contributed by atoms with E-state index in [1.165, 1.54) is 0 Å². The van der Waals surface area contributed by atoms with E-state index in [0.29, 0.717) is 0 Å². The number of hydrogen-bond donors (Lipinski definition) is 0. The fourth-order valence-corrected chi connectivity index (χ4v) is 1.25. The van der Waals surface area contributed by atoms with Gasteiger partial charge in [0.25, 0.3) is 0 Å². The number of rotatable bonds is 2. The Kier molecular flexibility index (Phi) is 2.50. The molecule has 1 aromatic carbocycles. The average molecular weight is 227 g/mol. The highest BCUT2D eigenvalue weighted by atomic mass is 19.4. The van der Waals surface area contributed by atoms with E-state index in [2.05, 4.69) is 0 Å². The molecule has 5 heteroatoms. The van der Waals surface area contributed by atoms with E-state index in [1.807, 2.05) is 6.07 Å². The molecule has 1 fully saturated rings. The van der Waals surface area contributed by atoms with Crippen LogP contribution in [0.15, 0.2) is 18.2 Å². The van der Waals surface area contributed by atoms with Gasteiger partial charge in [0.1, 0.15) is 11.8 Å². The van der Waals surface area contributed by atoms with E-state index in [1.54, 1.807) is 0 Å². The molecular weight excluding hydrogens is 219 g/mol. The third-order valence-corrected chi connectivity index (χ3v) is 2.25. The Morgan fingerprint density at radius 3 is 2.50 bits per heavy atom. The SMILES string of the molecule is N#Cc1ccc(C(F)(F)F)cc1OC1CC1. The van der Waals surface area contributed by atoms with Crippen LogP contribution in [0.5, 0.6) is 5.75 Å². The highest BCUT2D eigenvalue weighted by molar-refractivity contribution is 5.46. The molecule has 2 rings (SSSR count). The Morgan fingerprint density at radius 1 is 1.31 bits per heavy atom. The van der Waals surface area contributed by atoms with E-state index >= 15 is 0 Å². The van der Waals surface area contributed by atoms with E-state index in [4.69, 9.17) is 10.00 Å². The van der Waals surface area contributed by atoms with Crippen LogP contribution in [-0.2, 0) is 6.18 Å². The van der Waals surface area contributed by atoms with Crippen LogP contribution in [0.25, 0.3) is 0 Å². The average Bonchev–Trinajstić information content (AvgIpc) is 3.00. The number of nitriles is 1. The van der Waals surface area contributed by atoms with Gasteiger partial charge in [-0.2, -0.15) is 18.4 Å². The zero-order valence-corrected chi connectivity index (χ0v) is 8.21. The van der Waals surface area contributed by atoms with Crippen molar-refractivity contribution in [1.82, 2.24) is 0 Å². The number of alkyl halides is 3. The summed E-state index contributed by atoms with van der Waals surface area (Å²) in [5.74, 6) is 0.0276. The van der Waals surface area contributed by atoms with Gasteiger partial charge >= 0.3 is 6.18 Å². The summed E-state index contributed by atoms with van der Waals surface area (Å²) in [6.07, 6.45) is -2.77. The van der Waals surface area contributed by atoms with Crippen molar-refractivity contribution in [3.8, 4) is 11.8 Å². The van der Waals surface area contributed by atoms with Crippen LogP contribution in [0, 0.1) is 11.3 Å². The molecule has 0 radical (unpaired) electrons. The smallest absolute Gasteiger partial charge is 0.416 e. The summed E-state index contributed by atoms with van der Waals surface area (Å²) in [6.45, 7) is 0. The van der Waals surface area contributed by atoms with Crippen LogP contribution in [0.3, 0.4) is 0 Å². The Balaban J connectivity index is 2.34. The van der Waals surface area contributed by atoms with Gasteiger partial charge in [0.05, 0.1) is 17.2 Å². The van der Waals surface area contributed by atoms with Crippen LogP contribution in [0.1, 0.15) is 24.0 Å². The molecule has 0 saturated heterocycles. The normalized spacial score (nSPS) is 15.6. The first-order valence-electron chi connectivity index (χ1n) is 4.78. The standard InChI is InChI=1S/C11H8F3NO/c12-11(13,14)8-2-1-7(6-15)10(5-8)16-9-3-4-9/h1-2,5,9H,3-4H2. The van der Waals surface area contributed by atoms with E-state index < -0.39 is 11.7 Å². The van der Waals surface area contributed by atoms with Crippen molar-refractivity contribution in [3.05, 3.63) is 29.3 Å². The third-order valence-electron chi connectivity index (χ3n) is 2.25. The van der Waals surface area contributed by atoms with Gasteiger partial charge in [0.15, 0.2) is 0 Å². The molecule has 0 spiro atoms.